The number of benzene rings is 1. The molecule has 0 radical (unpaired) electrons. The van der Waals surface area contributed by atoms with Crippen LogP contribution in [0.2, 0.25) is 0 Å². The molecule has 1 atom stereocenters. The third-order valence-electron chi connectivity index (χ3n) is 5.38. The van der Waals surface area contributed by atoms with Crippen LogP contribution in [0, 0.1) is 5.92 Å². The van der Waals surface area contributed by atoms with Crippen molar-refractivity contribution in [3.63, 3.8) is 0 Å². The van der Waals surface area contributed by atoms with Crippen molar-refractivity contribution in [1.82, 2.24) is 19.4 Å². The van der Waals surface area contributed by atoms with Crippen molar-refractivity contribution in [3.8, 4) is 0 Å². The first-order valence-electron chi connectivity index (χ1n) is 9.93. The van der Waals surface area contributed by atoms with Crippen LogP contribution in [-0.2, 0) is 11.3 Å². The van der Waals surface area contributed by atoms with E-state index in [2.05, 4.69) is 25.7 Å². The zero-order chi connectivity index (χ0) is 19.6. The first kappa shape index (κ1) is 19.5. The van der Waals surface area contributed by atoms with E-state index in [1.165, 1.54) is 0 Å². The van der Waals surface area contributed by atoms with E-state index in [0.29, 0.717) is 24.3 Å². The van der Waals surface area contributed by atoms with Gasteiger partial charge in [0.05, 0.1) is 16.9 Å². The smallest absolute Gasteiger partial charge is 0.261 e. The van der Waals surface area contributed by atoms with E-state index >= 15 is 0 Å². The third-order valence-corrected chi connectivity index (χ3v) is 5.38. The Bertz CT molecular complexity index is 866. The predicted molar refractivity (Wildman–Crippen MR) is 108 cm³/mol. The molecule has 1 amide bonds. The lowest BCUT2D eigenvalue weighted by molar-refractivity contribution is -0.134. The molecule has 146 valence electrons. The third kappa shape index (κ3) is 4.05. The van der Waals surface area contributed by atoms with Crippen molar-refractivity contribution in [2.24, 2.45) is 5.92 Å². The van der Waals surface area contributed by atoms with Crippen LogP contribution in [0.1, 0.15) is 46.0 Å². The number of rotatable bonds is 5. The zero-order valence-corrected chi connectivity index (χ0v) is 16.8. The number of hydrogen-bond donors (Lipinski definition) is 0. The molecule has 1 unspecified atom stereocenters. The highest BCUT2D eigenvalue weighted by Crippen LogP contribution is 2.22. The van der Waals surface area contributed by atoms with Gasteiger partial charge in [-0.15, -0.1) is 0 Å². The van der Waals surface area contributed by atoms with Crippen molar-refractivity contribution < 1.29 is 4.79 Å². The molecule has 0 spiro atoms. The van der Waals surface area contributed by atoms with Crippen LogP contribution in [0.4, 0.5) is 0 Å². The van der Waals surface area contributed by atoms with Gasteiger partial charge in [-0.3, -0.25) is 19.1 Å². The largest absolute Gasteiger partial charge is 0.340 e. The van der Waals surface area contributed by atoms with Crippen LogP contribution in [0.15, 0.2) is 29.1 Å². The second kappa shape index (κ2) is 8.21. The molecule has 1 saturated heterocycles. The fraction of sp³-hybridized carbons (Fsp3) is 0.571. The molecule has 2 aromatic rings. The Morgan fingerprint density at radius 3 is 2.41 bits per heavy atom. The fourth-order valence-corrected chi connectivity index (χ4v) is 3.81. The molecular formula is C21H30N4O2. The number of carbonyl (C=O) groups excluding carboxylic acids is 1. The topological polar surface area (TPSA) is 58.4 Å². The van der Waals surface area contributed by atoms with Crippen LogP contribution >= 0.6 is 0 Å². The Hall–Kier alpha value is -2.21. The van der Waals surface area contributed by atoms with Gasteiger partial charge in [0.1, 0.15) is 5.82 Å². The van der Waals surface area contributed by atoms with Crippen LogP contribution < -0.4 is 5.56 Å². The Morgan fingerprint density at radius 1 is 1.11 bits per heavy atom. The molecule has 27 heavy (non-hydrogen) atoms. The summed E-state index contributed by atoms with van der Waals surface area (Å²) in [7, 11) is 0. The Labute approximate surface area is 160 Å². The lowest BCUT2D eigenvalue weighted by Crippen LogP contribution is -2.50. The van der Waals surface area contributed by atoms with Crippen molar-refractivity contribution in [2.45, 2.75) is 46.7 Å². The summed E-state index contributed by atoms with van der Waals surface area (Å²) in [5.74, 6) is 1.44. The molecular weight excluding hydrogens is 340 g/mol. The molecule has 0 saturated carbocycles. The summed E-state index contributed by atoms with van der Waals surface area (Å²) >= 11 is 0. The molecule has 6 nitrogen and oxygen atoms in total. The normalized spacial score (nSPS) is 16.9. The van der Waals surface area contributed by atoms with E-state index in [1.54, 1.807) is 4.57 Å². The van der Waals surface area contributed by atoms with Gasteiger partial charge in [-0.2, -0.15) is 0 Å². The van der Waals surface area contributed by atoms with Crippen LogP contribution in [0.25, 0.3) is 10.9 Å². The first-order valence-corrected chi connectivity index (χ1v) is 9.93. The van der Waals surface area contributed by atoms with Gasteiger partial charge < -0.3 is 4.90 Å². The number of piperazine rings is 1. The monoisotopic (exact) mass is 370 g/mol. The zero-order valence-electron chi connectivity index (χ0n) is 16.8. The summed E-state index contributed by atoms with van der Waals surface area (Å²) < 4.78 is 1.78. The highest BCUT2D eigenvalue weighted by atomic mass is 16.2. The van der Waals surface area contributed by atoms with Gasteiger partial charge in [0.25, 0.3) is 5.56 Å². The summed E-state index contributed by atoms with van der Waals surface area (Å²) in [5, 5.41) is 0.666. The van der Waals surface area contributed by atoms with Crippen molar-refractivity contribution in [3.05, 3.63) is 40.4 Å². The average Bonchev–Trinajstić information content (AvgIpc) is 2.67. The Morgan fingerprint density at radius 2 is 1.78 bits per heavy atom. The highest BCUT2D eigenvalue weighted by molar-refractivity contribution is 5.77. The molecule has 1 fully saturated rings. The van der Waals surface area contributed by atoms with Gasteiger partial charge in [0, 0.05) is 39.1 Å². The van der Waals surface area contributed by atoms with Gasteiger partial charge >= 0.3 is 0 Å². The summed E-state index contributed by atoms with van der Waals surface area (Å²) in [6.45, 7) is 11.9. The van der Waals surface area contributed by atoms with E-state index in [4.69, 9.17) is 4.98 Å². The SMILES string of the molecule is CCn1c(C(C)N2CCN(C(=O)CC(C)C)CC2)nc2ccccc2c1=O. The minimum atomic E-state index is 0.0238. The summed E-state index contributed by atoms with van der Waals surface area (Å²) in [6, 6.07) is 7.56. The lowest BCUT2D eigenvalue weighted by atomic mass is 10.1. The van der Waals surface area contributed by atoms with E-state index < -0.39 is 0 Å². The standard InChI is InChI=1S/C21H30N4O2/c1-5-25-20(22-18-9-7-6-8-17(18)21(25)27)16(4)23-10-12-24(13-11-23)19(26)14-15(2)3/h6-9,15-16H,5,10-14H2,1-4H3. The fourth-order valence-electron chi connectivity index (χ4n) is 3.81. The van der Waals surface area contributed by atoms with Gasteiger partial charge in [-0.25, -0.2) is 4.98 Å². The number of hydrogen-bond acceptors (Lipinski definition) is 4. The van der Waals surface area contributed by atoms with Crippen LogP contribution in [0.5, 0.6) is 0 Å². The van der Waals surface area contributed by atoms with Gasteiger partial charge in [0.15, 0.2) is 0 Å². The molecule has 1 aromatic carbocycles. The van der Waals surface area contributed by atoms with Gasteiger partial charge in [0.2, 0.25) is 5.91 Å². The maximum Gasteiger partial charge on any atom is 0.261 e. The summed E-state index contributed by atoms with van der Waals surface area (Å²) in [5.41, 5.74) is 0.774. The number of amides is 1. The molecule has 0 N–H and O–H groups in total. The molecule has 0 bridgehead atoms. The number of fused-ring (bicyclic) bond motifs is 1. The first-order chi connectivity index (χ1) is 12.9. The van der Waals surface area contributed by atoms with E-state index in [9.17, 15) is 9.59 Å². The second-order valence-electron chi connectivity index (χ2n) is 7.73. The van der Waals surface area contributed by atoms with Gasteiger partial charge in [-0.05, 0) is 31.9 Å². The number of carbonyl (C=O) groups is 1. The van der Waals surface area contributed by atoms with Crippen molar-refractivity contribution in [1.29, 1.82) is 0 Å². The molecule has 0 aliphatic carbocycles. The Kier molecular flexibility index (Phi) is 5.95. The number of aromatic nitrogens is 2. The maximum absolute atomic E-state index is 12.9. The van der Waals surface area contributed by atoms with E-state index in [0.717, 1.165) is 37.5 Å². The summed E-state index contributed by atoms with van der Waals surface area (Å²) in [6.07, 6.45) is 0.608. The summed E-state index contributed by atoms with van der Waals surface area (Å²) in [4.78, 5) is 34.3. The van der Waals surface area contributed by atoms with Crippen molar-refractivity contribution >= 4 is 16.8 Å². The Balaban J connectivity index is 1.80. The average molecular weight is 370 g/mol. The number of para-hydroxylation sites is 1. The predicted octanol–water partition coefficient (Wildman–Crippen LogP) is 2.67. The van der Waals surface area contributed by atoms with E-state index in [-0.39, 0.29) is 17.5 Å². The molecule has 1 aromatic heterocycles. The molecule has 3 rings (SSSR count). The minimum Gasteiger partial charge on any atom is -0.340 e. The van der Waals surface area contributed by atoms with Crippen LogP contribution in [0.3, 0.4) is 0 Å². The molecule has 1 aliphatic heterocycles. The second-order valence-corrected chi connectivity index (χ2v) is 7.73. The number of nitrogens with zero attached hydrogens (tertiary/aromatic N) is 4. The molecule has 2 heterocycles. The van der Waals surface area contributed by atoms with E-state index in [1.807, 2.05) is 36.1 Å². The van der Waals surface area contributed by atoms with Crippen LogP contribution in [-0.4, -0.2) is 51.4 Å². The molecule has 6 heteroatoms. The minimum absolute atomic E-state index is 0.0238. The lowest BCUT2D eigenvalue weighted by Gasteiger charge is -2.38. The quantitative estimate of drug-likeness (QED) is 0.812. The maximum atomic E-state index is 12.9. The van der Waals surface area contributed by atoms with Crippen molar-refractivity contribution in [2.75, 3.05) is 26.2 Å². The highest BCUT2D eigenvalue weighted by Gasteiger charge is 2.27. The molecule has 1 aliphatic rings. The van der Waals surface area contributed by atoms with Gasteiger partial charge in [-0.1, -0.05) is 26.0 Å².